The Kier molecular flexibility index (Phi) is 7.18. The van der Waals surface area contributed by atoms with Gasteiger partial charge in [0, 0.05) is 18.1 Å². The number of esters is 1. The van der Waals surface area contributed by atoms with Crippen LogP contribution in [0.3, 0.4) is 0 Å². The number of hydrogen-bond acceptors (Lipinski definition) is 6. The molecule has 1 N–H and O–H groups in total. The molecule has 0 aromatic heterocycles. The summed E-state index contributed by atoms with van der Waals surface area (Å²) in [7, 11) is 2.38. The molecule has 154 valence electrons. The zero-order chi connectivity index (χ0) is 21.6. The third-order valence-corrected chi connectivity index (χ3v) is 4.10. The maximum absolute atomic E-state index is 13.7. The summed E-state index contributed by atoms with van der Waals surface area (Å²) >= 11 is 0. The lowest BCUT2D eigenvalue weighted by Crippen LogP contribution is -2.43. The van der Waals surface area contributed by atoms with Gasteiger partial charge in [0.25, 0.3) is 0 Å². The van der Waals surface area contributed by atoms with Crippen LogP contribution >= 0.6 is 0 Å². The van der Waals surface area contributed by atoms with Crippen LogP contribution in [0.15, 0.2) is 36.4 Å². The number of benzene rings is 2. The molecule has 2 aromatic rings. The minimum absolute atomic E-state index is 0.0347. The first-order chi connectivity index (χ1) is 13.8. The molecule has 0 fully saturated rings. The van der Waals surface area contributed by atoms with Gasteiger partial charge in [0.05, 0.1) is 25.6 Å². The van der Waals surface area contributed by atoms with Crippen LogP contribution in [0.2, 0.25) is 0 Å². The highest BCUT2D eigenvalue weighted by Gasteiger charge is 2.25. The van der Waals surface area contributed by atoms with Gasteiger partial charge in [0.1, 0.15) is 17.7 Å². The van der Waals surface area contributed by atoms with Crippen molar-refractivity contribution in [3.63, 3.8) is 0 Å². The molecule has 0 bridgehead atoms. The molecule has 0 aliphatic carbocycles. The molecule has 2 aromatic carbocycles. The highest BCUT2D eigenvalue weighted by Crippen LogP contribution is 2.28. The Balaban J connectivity index is 2.20. The first-order valence-electron chi connectivity index (χ1n) is 8.38. The van der Waals surface area contributed by atoms with Gasteiger partial charge in [0.2, 0.25) is 5.91 Å². The van der Waals surface area contributed by atoms with Crippen molar-refractivity contribution in [1.29, 1.82) is 0 Å². The third-order valence-electron chi connectivity index (χ3n) is 4.10. The van der Waals surface area contributed by atoms with E-state index in [0.29, 0.717) is 5.56 Å². The normalized spacial score (nSPS) is 11.4. The highest BCUT2D eigenvalue weighted by molar-refractivity contribution is 5.86. The van der Waals surface area contributed by atoms with Gasteiger partial charge < -0.3 is 14.8 Å². The molecule has 0 unspecified atom stereocenters. The quantitative estimate of drug-likeness (QED) is 0.408. The third kappa shape index (κ3) is 5.47. The number of methoxy groups -OCH3 is 2. The lowest BCUT2D eigenvalue weighted by molar-refractivity contribution is -0.385. The van der Waals surface area contributed by atoms with Gasteiger partial charge in [-0.3, -0.25) is 14.9 Å². The fourth-order valence-corrected chi connectivity index (χ4v) is 2.68. The first-order valence-corrected chi connectivity index (χ1v) is 8.38. The highest BCUT2D eigenvalue weighted by atomic mass is 19.1. The Bertz CT molecular complexity index is 915. The molecule has 0 saturated carbocycles. The van der Waals surface area contributed by atoms with Gasteiger partial charge in [-0.2, -0.15) is 0 Å². The molecule has 1 atom stereocenters. The number of nitro groups is 1. The van der Waals surface area contributed by atoms with E-state index in [-0.39, 0.29) is 17.9 Å². The average Bonchev–Trinajstić information content (AvgIpc) is 2.69. The van der Waals surface area contributed by atoms with Crippen LogP contribution < -0.4 is 10.1 Å². The summed E-state index contributed by atoms with van der Waals surface area (Å²) in [5.41, 5.74) is -0.396. The molecule has 2 rings (SSSR count). The summed E-state index contributed by atoms with van der Waals surface area (Å²) < 4.78 is 37.0. The van der Waals surface area contributed by atoms with E-state index in [1.165, 1.54) is 31.4 Å². The van der Waals surface area contributed by atoms with Crippen LogP contribution in [0, 0.1) is 21.7 Å². The summed E-state index contributed by atoms with van der Waals surface area (Å²) in [6, 6.07) is 6.04. The second-order valence-electron chi connectivity index (χ2n) is 5.99. The van der Waals surface area contributed by atoms with E-state index in [1.807, 2.05) is 0 Å². The van der Waals surface area contributed by atoms with Gasteiger partial charge in [-0.15, -0.1) is 0 Å². The summed E-state index contributed by atoms with van der Waals surface area (Å²) in [6.45, 7) is 0. The average molecular weight is 408 g/mol. The van der Waals surface area contributed by atoms with Crippen LogP contribution in [-0.4, -0.2) is 37.1 Å². The van der Waals surface area contributed by atoms with Crippen molar-refractivity contribution >= 4 is 17.6 Å². The molecule has 0 radical (unpaired) electrons. The zero-order valence-corrected chi connectivity index (χ0v) is 15.6. The molecule has 1 amide bonds. The topological polar surface area (TPSA) is 108 Å². The van der Waals surface area contributed by atoms with Crippen molar-refractivity contribution in [2.75, 3.05) is 14.2 Å². The smallest absolute Gasteiger partial charge is 0.328 e. The molecule has 8 nitrogen and oxygen atoms in total. The van der Waals surface area contributed by atoms with Crippen molar-refractivity contribution in [2.24, 2.45) is 0 Å². The number of nitro benzene ring substituents is 1. The summed E-state index contributed by atoms with van der Waals surface area (Å²) in [5, 5.41) is 13.5. The van der Waals surface area contributed by atoms with Crippen LogP contribution in [0.25, 0.3) is 0 Å². The van der Waals surface area contributed by atoms with Gasteiger partial charge in [-0.05, 0) is 23.8 Å². The molecular formula is C19H18F2N2O6. The van der Waals surface area contributed by atoms with Crippen LogP contribution in [0.5, 0.6) is 5.75 Å². The number of nitrogens with one attached hydrogen (secondary N) is 1. The maximum Gasteiger partial charge on any atom is 0.328 e. The predicted octanol–water partition coefficient (Wildman–Crippen LogP) is 2.32. The number of halogens is 2. The summed E-state index contributed by atoms with van der Waals surface area (Å²) in [6.07, 6.45) is -0.766. The number of nitrogens with zero attached hydrogens (tertiary/aromatic N) is 1. The number of rotatable bonds is 8. The van der Waals surface area contributed by atoms with Crippen molar-refractivity contribution in [3.8, 4) is 5.75 Å². The minimum Gasteiger partial charge on any atom is -0.490 e. The molecule has 10 heteroatoms. The van der Waals surface area contributed by atoms with Gasteiger partial charge in [-0.1, -0.05) is 12.1 Å². The van der Waals surface area contributed by atoms with Crippen LogP contribution in [-0.2, 0) is 27.2 Å². The lowest BCUT2D eigenvalue weighted by atomic mass is 10.0. The second-order valence-corrected chi connectivity index (χ2v) is 5.99. The van der Waals surface area contributed by atoms with Crippen LogP contribution in [0.4, 0.5) is 14.5 Å². The minimum atomic E-state index is -1.21. The standard InChI is InChI=1S/C19H18F2N2O6/c1-28-17-7-6-11(9-16(17)23(26)27)8-15(19(25)29-2)22-18(24)10-12-13(20)4-3-5-14(12)21/h3-7,9,15H,8,10H2,1-2H3,(H,22,24)/t15-/m1/s1. The van der Waals surface area contributed by atoms with E-state index in [1.54, 1.807) is 0 Å². The zero-order valence-electron chi connectivity index (χ0n) is 15.6. The number of hydrogen-bond donors (Lipinski definition) is 1. The molecular weight excluding hydrogens is 390 g/mol. The molecule has 0 saturated heterocycles. The largest absolute Gasteiger partial charge is 0.490 e. The van der Waals surface area contributed by atoms with Crippen molar-refractivity contribution in [2.45, 2.75) is 18.9 Å². The Hall–Kier alpha value is -3.56. The predicted molar refractivity (Wildman–Crippen MR) is 97.4 cm³/mol. The Morgan fingerprint density at radius 1 is 1.17 bits per heavy atom. The Labute approximate surface area is 164 Å². The molecule has 0 aliphatic rings. The Morgan fingerprint density at radius 3 is 2.38 bits per heavy atom. The van der Waals surface area contributed by atoms with E-state index < -0.39 is 46.5 Å². The SMILES string of the molecule is COC(=O)[C@@H](Cc1ccc(OC)c([N+](=O)[O-])c1)NC(=O)Cc1c(F)cccc1F. The summed E-state index contributed by atoms with van der Waals surface area (Å²) in [4.78, 5) is 34.8. The van der Waals surface area contributed by atoms with E-state index in [9.17, 15) is 28.5 Å². The number of amides is 1. The molecule has 0 heterocycles. The molecule has 0 aliphatic heterocycles. The van der Waals surface area contributed by atoms with E-state index in [4.69, 9.17) is 4.74 Å². The van der Waals surface area contributed by atoms with Crippen molar-refractivity contribution in [1.82, 2.24) is 5.32 Å². The van der Waals surface area contributed by atoms with Crippen molar-refractivity contribution < 1.29 is 32.8 Å². The van der Waals surface area contributed by atoms with Gasteiger partial charge >= 0.3 is 11.7 Å². The number of ether oxygens (including phenoxy) is 2. The van der Waals surface area contributed by atoms with Crippen LogP contribution in [0.1, 0.15) is 11.1 Å². The Morgan fingerprint density at radius 2 is 1.83 bits per heavy atom. The first kappa shape index (κ1) is 21.7. The van der Waals surface area contributed by atoms with Gasteiger partial charge in [-0.25, -0.2) is 13.6 Å². The van der Waals surface area contributed by atoms with Crippen molar-refractivity contribution in [3.05, 3.63) is 69.3 Å². The fourth-order valence-electron chi connectivity index (χ4n) is 2.68. The van der Waals surface area contributed by atoms with E-state index in [2.05, 4.69) is 10.1 Å². The van der Waals surface area contributed by atoms with E-state index >= 15 is 0 Å². The van der Waals surface area contributed by atoms with Gasteiger partial charge in [0.15, 0.2) is 5.75 Å². The number of carbonyl (C=O) groups excluding carboxylic acids is 2. The number of carbonyl (C=O) groups is 2. The fraction of sp³-hybridized carbons (Fsp3) is 0.263. The lowest BCUT2D eigenvalue weighted by Gasteiger charge is -2.17. The molecule has 0 spiro atoms. The maximum atomic E-state index is 13.7. The molecule has 29 heavy (non-hydrogen) atoms. The monoisotopic (exact) mass is 408 g/mol. The second kappa shape index (κ2) is 9.58. The summed E-state index contributed by atoms with van der Waals surface area (Å²) in [5.74, 6) is -3.37. The van der Waals surface area contributed by atoms with E-state index in [0.717, 1.165) is 19.2 Å².